The van der Waals surface area contributed by atoms with E-state index in [0.29, 0.717) is 5.02 Å². The van der Waals surface area contributed by atoms with Gasteiger partial charge in [0.25, 0.3) is 11.8 Å². The van der Waals surface area contributed by atoms with Gasteiger partial charge in [0.1, 0.15) is 5.70 Å². The number of nitrogens with one attached hydrogen (secondary N) is 2. The van der Waals surface area contributed by atoms with E-state index in [1.807, 2.05) is 41.8 Å². The number of benzene rings is 2. The van der Waals surface area contributed by atoms with Crippen molar-refractivity contribution in [3.63, 3.8) is 0 Å². The highest BCUT2D eigenvalue weighted by atomic mass is 79.9. The zero-order valence-electron chi connectivity index (χ0n) is 14.9. The van der Waals surface area contributed by atoms with Crippen molar-refractivity contribution in [3.05, 3.63) is 97.2 Å². The summed E-state index contributed by atoms with van der Waals surface area (Å²) in [5, 5.41) is 8.76. The van der Waals surface area contributed by atoms with E-state index >= 15 is 0 Å². The van der Waals surface area contributed by atoms with Crippen molar-refractivity contribution in [2.45, 2.75) is 0 Å². The normalized spacial score (nSPS) is 11.4. The lowest BCUT2D eigenvalue weighted by atomic mass is 10.2. The lowest BCUT2D eigenvalue weighted by molar-refractivity contribution is -0.117. The number of carbonyl (C=O) groups excluding carboxylic acids is 2. The molecule has 0 atom stereocenters. The maximum Gasteiger partial charge on any atom is 0.287 e. The van der Waals surface area contributed by atoms with Gasteiger partial charge in [-0.05, 0) is 47.4 Å². The molecule has 0 aliphatic rings. The Hall–Kier alpha value is -2.74. The molecule has 2 N–H and O–H groups in total. The van der Waals surface area contributed by atoms with Gasteiger partial charge in [-0.15, -0.1) is 11.3 Å². The average Bonchev–Trinajstić information content (AvgIpc) is 3.22. The van der Waals surface area contributed by atoms with Crippen LogP contribution in [-0.4, -0.2) is 18.0 Å². The third-order valence-electron chi connectivity index (χ3n) is 3.69. The highest BCUT2D eigenvalue weighted by molar-refractivity contribution is 9.10. The molecular formula is C21H15BrClN3O2S. The van der Waals surface area contributed by atoms with E-state index in [-0.39, 0.29) is 11.3 Å². The zero-order chi connectivity index (χ0) is 20.6. The van der Waals surface area contributed by atoms with Gasteiger partial charge in [0, 0.05) is 9.35 Å². The molecule has 29 heavy (non-hydrogen) atoms. The second-order valence-corrected chi connectivity index (χ2v) is 8.06. The van der Waals surface area contributed by atoms with Crippen molar-refractivity contribution >= 4 is 63.0 Å². The molecule has 0 saturated carbocycles. The van der Waals surface area contributed by atoms with Crippen LogP contribution >= 0.6 is 38.9 Å². The number of hydrazone groups is 1. The van der Waals surface area contributed by atoms with Gasteiger partial charge in [0.05, 0.1) is 16.8 Å². The van der Waals surface area contributed by atoms with Gasteiger partial charge in [-0.2, -0.15) is 5.10 Å². The van der Waals surface area contributed by atoms with E-state index in [9.17, 15) is 9.59 Å². The molecule has 146 valence electrons. The van der Waals surface area contributed by atoms with Crippen molar-refractivity contribution < 1.29 is 9.59 Å². The Morgan fingerprint density at radius 1 is 1.03 bits per heavy atom. The molecule has 2 aromatic carbocycles. The van der Waals surface area contributed by atoms with E-state index in [2.05, 4.69) is 31.8 Å². The summed E-state index contributed by atoms with van der Waals surface area (Å²) in [6, 6.07) is 17.8. The maximum absolute atomic E-state index is 12.6. The molecule has 0 bridgehead atoms. The number of thiophene rings is 1. The lowest BCUT2D eigenvalue weighted by Gasteiger charge is -2.09. The van der Waals surface area contributed by atoms with Crippen LogP contribution in [-0.2, 0) is 4.79 Å². The highest BCUT2D eigenvalue weighted by Crippen LogP contribution is 2.17. The number of amides is 2. The first-order chi connectivity index (χ1) is 14.0. The molecule has 0 spiro atoms. The fourth-order valence-electron chi connectivity index (χ4n) is 2.28. The first-order valence-corrected chi connectivity index (χ1v) is 10.5. The predicted molar refractivity (Wildman–Crippen MR) is 121 cm³/mol. The smallest absolute Gasteiger partial charge is 0.287 e. The van der Waals surface area contributed by atoms with Crippen LogP contribution in [0.4, 0.5) is 0 Å². The number of rotatable bonds is 6. The van der Waals surface area contributed by atoms with E-state index in [1.54, 1.807) is 30.3 Å². The minimum absolute atomic E-state index is 0.0605. The molecule has 0 fully saturated rings. The van der Waals surface area contributed by atoms with Crippen molar-refractivity contribution in [2.75, 3.05) is 0 Å². The summed E-state index contributed by atoms with van der Waals surface area (Å²) in [6.45, 7) is 0. The molecule has 0 aliphatic heterocycles. The zero-order valence-corrected chi connectivity index (χ0v) is 18.1. The van der Waals surface area contributed by atoms with Gasteiger partial charge < -0.3 is 5.32 Å². The summed E-state index contributed by atoms with van der Waals surface area (Å²) >= 11 is 10.9. The van der Waals surface area contributed by atoms with E-state index in [1.165, 1.54) is 17.6 Å². The highest BCUT2D eigenvalue weighted by Gasteiger charge is 2.16. The molecule has 3 aromatic rings. The van der Waals surface area contributed by atoms with Crippen LogP contribution in [0.2, 0.25) is 5.02 Å². The maximum atomic E-state index is 12.6. The number of nitrogens with zero attached hydrogens (tertiary/aromatic N) is 1. The third-order valence-corrected chi connectivity index (χ3v) is 5.37. The minimum atomic E-state index is -0.549. The molecule has 8 heteroatoms. The van der Waals surface area contributed by atoms with Gasteiger partial charge in [0.15, 0.2) is 0 Å². The number of carbonyl (C=O) groups is 2. The standard InChI is InChI=1S/C21H15BrClN3O2S/c22-15-9-7-14(8-10-15)13-24-26-21(28)19(12-16-4-3-11-29-16)25-20(27)17-5-1-2-6-18(17)23/h1-13H,(H,25,27)(H,26,28). The average molecular weight is 489 g/mol. The van der Waals surface area contributed by atoms with E-state index < -0.39 is 11.8 Å². The SMILES string of the molecule is O=C(NN=Cc1ccc(Br)cc1)C(=Cc1cccs1)NC(=O)c1ccccc1Cl. The van der Waals surface area contributed by atoms with Crippen molar-refractivity contribution in [1.82, 2.24) is 10.7 Å². The lowest BCUT2D eigenvalue weighted by Crippen LogP contribution is -2.32. The van der Waals surface area contributed by atoms with Crippen molar-refractivity contribution in [1.29, 1.82) is 0 Å². The Morgan fingerprint density at radius 2 is 1.79 bits per heavy atom. The molecule has 0 aliphatic carbocycles. The van der Waals surface area contributed by atoms with Gasteiger partial charge >= 0.3 is 0 Å². The predicted octanol–water partition coefficient (Wildman–Crippen LogP) is 5.09. The molecule has 0 radical (unpaired) electrons. The van der Waals surface area contributed by atoms with Crippen LogP contribution in [0.25, 0.3) is 6.08 Å². The molecule has 2 amide bonds. The van der Waals surface area contributed by atoms with Gasteiger partial charge in [-0.3, -0.25) is 9.59 Å². The Kier molecular flexibility index (Phi) is 7.35. The van der Waals surface area contributed by atoms with Crippen LogP contribution in [0, 0.1) is 0 Å². The third kappa shape index (κ3) is 6.12. The largest absolute Gasteiger partial charge is 0.317 e. The topological polar surface area (TPSA) is 70.6 Å². The summed E-state index contributed by atoms with van der Waals surface area (Å²) < 4.78 is 0.946. The summed E-state index contributed by atoms with van der Waals surface area (Å²) in [4.78, 5) is 26.0. The second kappa shape index (κ2) is 10.2. The molecule has 0 saturated heterocycles. The number of hydrogen-bond acceptors (Lipinski definition) is 4. The van der Waals surface area contributed by atoms with Crippen LogP contribution in [0.5, 0.6) is 0 Å². The Labute approximate surface area is 185 Å². The quantitative estimate of drug-likeness (QED) is 0.288. The molecule has 5 nitrogen and oxygen atoms in total. The van der Waals surface area contributed by atoms with Crippen LogP contribution in [0.15, 0.2) is 81.3 Å². The summed E-state index contributed by atoms with van der Waals surface area (Å²) in [6.07, 6.45) is 3.10. The fraction of sp³-hybridized carbons (Fsp3) is 0. The molecule has 0 unspecified atom stereocenters. The van der Waals surface area contributed by atoms with Gasteiger partial charge in [0.2, 0.25) is 0 Å². The Bertz CT molecular complexity index is 1060. The van der Waals surface area contributed by atoms with E-state index in [0.717, 1.165) is 14.9 Å². The Morgan fingerprint density at radius 3 is 2.48 bits per heavy atom. The number of halogens is 2. The minimum Gasteiger partial charge on any atom is -0.317 e. The summed E-state index contributed by atoms with van der Waals surface area (Å²) in [5.41, 5.74) is 3.59. The van der Waals surface area contributed by atoms with Crippen LogP contribution < -0.4 is 10.7 Å². The van der Waals surface area contributed by atoms with E-state index in [4.69, 9.17) is 11.6 Å². The second-order valence-electron chi connectivity index (χ2n) is 5.76. The van der Waals surface area contributed by atoms with Crippen molar-refractivity contribution in [2.24, 2.45) is 5.10 Å². The monoisotopic (exact) mass is 487 g/mol. The molecule has 3 rings (SSSR count). The summed E-state index contributed by atoms with van der Waals surface area (Å²) in [5.74, 6) is -1.03. The Balaban J connectivity index is 1.76. The van der Waals surface area contributed by atoms with Crippen LogP contribution in [0.1, 0.15) is 20.8 Å². The first kappa shape index (κ1) is 21.0. The van der Waals surface area contributed by atoms with Crippen molar-refractivity contribution in [3.8, 4) is 0 Å². The van der Waals surface area contributed by atoms with Gasteiger partial charge in [-0.1, -0.05) is 57.9 Å². The van der Waals surface area contributed by atoms with Gasteiger partial charge in [-0.25, -0.2) is 5.43 Å². The number of hydrogen-bond donors (Lipinski definition) is 2. The molecular weight excluding hydrogens is 474 g/mol. The fourth-order valence-corrected chi connectivity index (χ4v) is 3.43. The summed E-state index contributed by atoms with van der Waals surface area (Å²) in [7, 11) is 0. The van der Waals surface area contributed by atoms with Crippen LogP contribution in [0.3, 0.4) is 0 Å². The molecule has 1 aromatic heterocycles. The molecule has 1 heterocycles. The first-order valence-electron chi connectivity index (χ1n) is 8.43.